The molecule has 0 saturated carbocycles. The Morgan fingerprint density at radius 1 is 0.853 bits per heavy atom. The third kappa shape index (κ3) is 5.32. The first-order valence-corrected chi connectivity index (χ1v) is 11.2. The van der Waals surface area contributed by atoms with Crippen molar-refractivity contribution < 1.29 is 27.6 Å². The number of nitrogens with zero attached hydrogens (tertiary/aromatic N) is 2. The van der Waals surface area contributed by atoms with Crippen molar-refractivity contribution in [3.63, 3.8) is 0 Å². The highest BCUT2D eigenvalue weighted by molar-refractivity contribution is 6.01. The monoisotopic (exact) mass is 474 g/mol. The molecule has 0 radical (unpaired) electrons. The minimum atomic E-state index is -4.46. The third-order valence-electron chi connectivity index (χ3n) is 6.01. The second-order valence-corrected chi connectivity index (χ2v) is 8.38. The Morgan fingerprint density at radius 3 is 2.09 bits per heavy atom. The van der Waals surface area contributed by atoms with Crippen molar-refractivity contribution in [2.24, 2.45) is 0 Å². The van der Waals surface area contributed by atoms with E-state index in [9.17, 15) is 27.6 Å². The molecule has 7 nitrogen and oxygen atoms in total. The van der Waals surface area contributed by atoms with E-state index in [0.717, 1.165) is 42.8 Å². The molecule has 1 atom stereocenters. The molecule has 0 bridgehead atoms. The number of rotatable bonds is 4. The van der Waals surface area contributed by atoms with Crippen molar-refractivity contribution >= 4 is 34.9 Å². The molecule has 2 aromatic rings. The highest BCUT2D eigenvalue weighted by Crippen LogP contribution is 2.30. The average molecular weight is 474 g/mol. The molecule has 2 aliphatic heterocycles. The van der Waals surface area contributed by atoms with Crippen molar-refractivity contribution in [2.75, 3.05) is 28.2 Å². The number of alkyl halides is 3. The summed E-state index contributed by atoms with van der Waals surface area (Å²) in [5.74, 6) is -0.174. The van der Waals surface area contributed by atoms with E-state index < -0.39 is 23.8 Å². The van der Waals surface area contributed by atoms with Gasteiger partial charge in [-0.15, -0.1) is 0 Å². The Bertz CT molecular complexity index is 1050. The zero-order chi connectivity index (χ0) is 24.3. The van der Waals surface area contributed by atoms with E-state index in [1.54, 1.807) is 21.9 Å². The number of anilines is 3. The van der Waals surface area contributed by atoms with Gasteiger partial charge in [0, 0.05) is 36.6 Å². The Morgan fingerprint density at radius 2 is 1.47 bits per heavy atom. The fourth-order valence-electron chi connectivity index (χ4n) is 4.22. The van der Waals surface area contributed by atoms with Crippen LogP contribution in [-0.2, 0) is 15.8 Å². The molecule has 10 heteroatoms. The molecule has 2 aliphatic rings. The van der Waals surface area contributed by atoms with E-state index in [1.807, 2.05) is 12.1 Å². The van der Waals surface area contributed by atoms with Crippen LogP contribution in [0.15, 0.2) is 48.5 Å². The smallest absolute Gasteiger partial charge is 0.326 e. The average Bonchev–Trinajstić information content (AvgIpc) is 2.81. The minimum absolute atomic E-state index is 0.0939. The summed E-state index contributed by atoms with van der Waals surface area (Å²) in [6, 6.07) is 9.87. The lowest BCUT2D eigenvalue weighted by molar-refractivity contribution is -0.137. The predicted octanol–water partition coefficient (Wildman–Crippen LogP) is 4.54. The number of urea groups is 1. The van der Waals surface area contributed by atoms with Crippen LogP contribution in [0, 0.1) is 0 Å². The van der Waals surface area contributed by atoms with E-state index in [2.05, 4.69) is 10.6 Å². The summed E-state index contributed by atoms with van der Waals surface area (Å²) in [6.07, 6.45) is -0.940. The number of hydrogen-bond donors (Lipinski definition) is 2. The van der Waals surface area contributed by atoms with E-state index >= 15 is 0 Å². The largest absolute Gasteiger partial charge is 0.416 e. The molecule has 1 unspecified atom stereocenters. The van der Waals surface area contributed by atoms with E-state index in [-0.39, 0.29) is 17.5 Å². The predicted molar refractivity (Wildman–Crippen MR) is 122 cm³/mol. The summed E-state index contributed by atoms with van der Waals surface area (Å²) in [5.41, 5.74) is 0.844. The van der Waals surface area contributed by atoms with Crippen molar-refractivity contribution in [3.05, 3.63) is 54.1 Å². The first kappa shape index (κ1) is 23.6. The van der Waals surface area contributed by atoms with E-state index in [0.29, 0.717) is 38.0 Å². The number of benzene rings is 2. The molecular formula is C24H25F3N4O3. The maximum atomic E-state index is 13.0. The molecule has 2 heterocycles. The second kappa shape index (κ2) is 9.74. The van der Waals surface area contributed by atoms with Gasteiger partial charge in [0.25, 0.3) is 0 Å². The molecule has 0 aromatic heterocycles. The van der Waals surface area contributed by atoms with Gasteiger partial charge in [-0.25, -0.2) is 4.79 Å². The van der Waals surface area contributed by atoms with Gasteiger partial charge in [0.1, 0.15) is 6.04 Å². The number of carbonyl (C=O) groups is 3. The zero-order valence-corrected chi connectivity index (χ0v) is 18.4. The summed E-state index contributed by atoms with van der Waals surface area (Å²) < 4.78 is 38.1. The fourth-order valence-corrected chi connectivity index (χ4v) is 4.22. The summed E-state index contributed by atoms with van der Waals surface area (Å²) in [4.78, 5) is 40.8. The first-order valence-electron chi connectivity index (χ1n) is 11.2. The lowest BCUT2D eigenvalue weighted by atomic mass is 10.0. The van der Waals surface area contributed by atoms with Crippen LogP contribution in [0.3, 0.4) is 0 Å². The maximum Gasteiger partial charge on any atom is 0.416 e. The standard InChI is InChI=1S/C24H25F3N4O3/c25-24(26,27)16-6-8-17(9-7-16)28-23(34)29-20-4-3-15-31(22(20)33)19-12-10-18(11-13-19)30-14-2-1-5-21(30)32/h6-13,20H,1-5,14-15H2,(H2,28,29,34). The van der Waals surface area contributed by atoms with Crippen LogP contribution in [0.1, 0.15) is 37.7 Å². The minimum Gasteiger partial charge on any atom is -0.326 e. The van der Waals surface area contributed by atoms with Crippen molar-refractivity contribution in [1.29, 1.82) is 0 Å². The van der Waals surface area contributed by atoms with Crippen LogP contribution >= 0.6 is 0 Å². The Kier molecular flexibility index (Phi) is 6.76. The summed E-state index contributed by atoms with van der Waals surface area (Å²) in [7, 11) is 0. The topological polar surface area (TPSA) is 81.8 Å². The van der Waals surface area contributed by atoms with Gasteiger partial charge >= 0.3 is 12.2 Å². The van der Waals surface area contributed by atoms with Crippen molar-refractivity contribution in [1.82, 2.24) is 5.32 Å². The molecule has 0 aliphatic carbocycles. The van der Waals surface area contributed by atoms with Gasteiger partial charge in [-0.3, -0.25) is 9.59 Å². The third-order valence-corrected chi connectivity index (χ3v) is 6.01. The van der Waals surface area contributed by atoms with Gasteiger partial charge in [-0.2, -0.15) is 13.2 Å². The fraction of sp³-hybridized carbons (Fsp3) is 0.375. The highest BCUT2D eigenvalue weighted by Gasteiger charge is 2.32. The molecule has 4 amide bonds. The van der Waals surface area contributed by atoms with Crippen LogP contribution in [0.2, 0.25) is 0 Å². The van der Waals surface area contributed by atoms with Crippen LogP contribution in [-0.4, -0.2) is 37.0 Å². The summed E-state index contributed by atoms with van der Waals surface area (Å²) in [5, 5.41) is 5.08. The quantitative estimate of drug-likeness (QED) is 0.683. The molecule has 34 heavy (non-hydrogen) atoms. The van der Waals surface area contributed by atoms with Gasteiger partial charge in [-0.05, 0) is 74.2 Å². The maximum absolute atomic E-state index is 13.0. The number of halogens is 3. The SMILES string of the molecule is O=C(Nc1ccc(C(F)(F)F)cc1)NC1CCCN(c2ccc(N3CCCCC3=O)cc2)C1=O. The van der Waals surface area contributed by atoms with Gasteiger partial charge in [0.05, 0.1) is 5.56 Å². The van der Waals surface area contributed by atoms with E-state index in [4.69, 9.17) is 0 Å². The van der Waals surface area contributed by atoms with Crippen LogP contribution in [0.4, 0.5) is 35.0 Å². The van der Waals surface area contributed by atoms with Gasteiger partial charge < -0.3 is 20.4 Å². The molecule has 4 rings (SSSR count). The Balaban J connectivity index is 1.37. The molecule has 2 fully saturated rings. The van der Waals surface area contributed by atoms with Gasteiger partial charge in [0.15, 0.2) is 0 Å². The zero-order valence-electron chi connectivity index (χ0n) is 18.4. The number of nitrogens with one attached hydrogen (secondary N) is 2. The molecular weight excluding hydrogens is 449 g/mol. The van der Waals surface area contributed by atoms with Crippen LogP contribution in [0.25, 0.3) is 0 Å². The lowest BCUT2D eigenvalue weighted by Crippen LogP contribution is -2.53. The Labute approximate surface area is 194 Å². The van der Waals surface area contributed by atoms with Crippen molar-refractivity contribution in [3.8, 4) is 0 Å². The highest BCUT2D eigenvalue weighted by atomic mass is 19.4. The van der Waals surface area contributed by atoms with Crippen LogP contribution in [0.5, 0.6) is 0 Å². The summed E-state index contributed by atoms with van der Waals surface area (Å²) >= 11 is 0. The van der Waals surface area contributed by atoms with E-state index in [1.165, 1.54) is 0 Å². The molecule has 2 aromatic carbocycles. The van der Waals surface area contributed by atoms with Gasteiger partial charge in [-0.1, -0.05) is 0 Å². The number of carbonyl (C=O) groups excluding carboxylic acids is 3. The molecule has 2 N–H and O–H groups in total. The molecule has 0 spiro atoms. The Hall–Kier alpha value is -3.56. The lowest BCUT2D eigenvalue weighted by Gasteiger charge is -2.33. The number of piperidine rings is 2. The number of hydrogen-bond acceptors (Lipinski definition) is 3. The summed E-state index contributed by atoms with van der Waals surface area (Å²) in [6.45, 7) is 1.18. The van der Waals surface area contributed by atoms with Crippen LogP contribution < -0.4 is 20.4 Å². The van der Waals surface area contributed by atoms with Crippen molar-refractivity contribution in [2.45, 2.75) is 44.3 Å². The normalized spacial score (nSPS) is 19.2. The molecule has 180 valence electrons. The molecule has 2 saturated heterocycles. The second-order valence-electron chi connectivity index (χ2n) is 8.38. The number of amides is 4. The van der Waals surface area contributed by atoms with Gasteiger partial charge in [0.2, 0.25) is 11.8 Å². The first-order chi connectivity index (χ1) is 16.2.